The molecular formula is C15H21BrN2O. The summed E-state index contributed by atoms with van der Waals surface area (Å²) in [4.78, 5) is 11.8. The van der Waals surface area contributed by atoms with Gasteiger partial charge in [0.25, 0.3) is 0 Å². The van der Waals surface area contributed by atoms with Gasteiger partial charge >= 0.3 is 0 Å². The van der Waals surface area contributed by atoms with E-state index in [0.29, 0.717) is 6.42 Å². The molecule has 0 radical (unpaired) electrons. The van der Waals surface area contributed by atoms with E-state index in [1.54, 1.807) is 0 Å². The van der Waals surface area contributed by atoms with Crippen LogP contribution in [0.4, 0.5) is 0 Å². The van der Waals surface area contributed by atoms with Gasteiger partial charge < -0.3 is 0 Å². The van der Waals surface area contributed by atoms with Gasteiger partial charge in [-0.15, -0.1) is 0 Å². The van der Waals surface area contributed by atoms with Crippen molar-refractivity contribution in [2.24, 2.45) is 5.41 Å². The van der Waals surface area contributed by atoms with E-state index in [2.05, 4.69) is 41.8 Å². The summed E-state index contributed by atoms with van der Waals surface area (Å²) in [6.07, 6.45) is 4.29. The summed E-state index contributed by atoms with van der Waals surface area (Å²) in [6, 6.07) is 0. The number of carbonyl (C=O) groups excluding carboxylic acids is 1. The SMILES string of the molecule is CCn1nc(C)c(Br)c1CC1=CC(=O)CC(C)(C)C1. The molecule has 0 unspecified atom stereocenters. The highest BCUT2D eigenvalue weighted by Crippen LogP contribution is 2.36. The molecule has 0 saturated heterocycles. The Morgan fingerprint density at radius 3 is 2.68 bits per heavy atom. The largest absolute Gasteiger partial charge is 0.295 e. The van der Waals surface area contributed by atoms with Crippen LogP contribution in [0.5, 0.6) is 0 Å². The van der Waals surface area contributed by atoms with Crippen LogP contribution in [-0.2, 0) is 17.8 Å². The molecule has 1 aromatic rings. The first-order chi connectivity index (χ1) is 8.82. The van der Waals surface area contributed by atoms with Gasteiger partial charge in [-0.05, 0) is 47.7 Å². The van der Waals surface area contributed by atoms with Gasteiger partial charge in [0.15, 0.2) is 5.78 Å². The predicted octanol–water partition coefficient (Wildman–Crippen LogP) is 3.83. The molecule has 0 amide bonds. The lowest BCUT2D eigenvalue weighted by molar-refractivity contribution is -0.117. The van der Waals surface area contributed by atoms with E-state index < -0.39 is 0 Å². The van der Waals surface area contributed by atoms with E-state index in [4.69, 9.17) is 0 Å². The van der Waals surface area contributed by atoms with Gasteiger partial charge in [-0.3, -0.25) is 9.48 Å². The highest BCUT2D eigenvalue weighted by Gasteiger charge is 2.28. The van der Waals surface area contributed by atoms with E-state index in [-0.39, 0.29) is 11.2 Å². The third-order valence-corrected chi connectivity index (χ3v) is 4.60. The zero-order valence-electron chi connectivity index (χ0n) is 12.1. The molecule has 1 aliphatic rings. The van der Waals surface area contributed by atoms with Crippen molar-refractivity contribution in [2.45, 2.75) is 53.5 Å². The molecule has 0 bridgehead atoms. The lowest BCUT2D eigenvalue weighted by Crippen LogP contribution is -2.23. The Bertz CT molecular complexity index is 541. The first kappa shape index (κ1) is 14.5. The maximum Gasteiger partial charge on any atom is 0.156 e. The normalized spacial score (nSPS) is 18.6. The van der Waals surface area contributed by atoms with Crippen molar-refractivity contribution in [1.82, 2.24) is 9.78 Å². The molecule has 0 spiro atoms. The van der Waals surface area contributed by atoms with Crippen molar-refractivity contribution in [1.29, 1.82) is 0 Å². The number of rotatable bonds is 3. The summed E-state index contributed by atoms with van der Waals surface area (Å²) in [7, 11) is 0. The highest BCUT2D eigenvalue weighted by atomic mass is 79.9. The average molecular weight is 325 g/mol. The fraction of sp³-hybridized carbons (Fsp3) is 0.600. The van der Waals surface area contributed by atoms with Crippen LogP contribution in [0.2, 0.25) is 0 Å². The lowest BCUT2D eigenvalue weighted by atomic mass is 9.76. The number of hydrogen-bond acceptors (Lipinski definition) is 2. The van der Waals surface area contributed by atoms with Crippen LogP contribution in [0.3, 0.4) is 0 Å². The minimum absolute atomic E-state index is 0.0831. The van der Waals surface area contributed by atoms with Crippen molar-refractivity contribution in [3.8, 4) is 0 Å². The van der Waals surface area contributed by atoms with E-state index in [1.165, 1.54) is 11.3 Å². The van der Waals surface area contributed by atoms with Crippen molar-refractivity contribution < 1.29 is 4.79 Å². The molecule has 0 atom stereocenters. The number of aryl methyl sites for hydroxylation is 2. The second-order valence-electron chi connectivity index (χ2n) is 6.13. The molecule has 19 heavy (non-hydrogen) atoms. The van der Waals surface area contributed by atoms with Crippen LogP contribution < -0.4 is 0 Å². The summed E-state index contributed by atoms with van der Waals surface area (Å²) >= 11 is 3.62. The number of halogens is 1. The van der Waals surface area contributed by atoms with Crippen LogP contribution in [0.15, 0.2) is 16.1 Å². The van der Waals surface area contributed by atoms with Crippen LogP contribution >= 0.6 is 15.9 Å². The maximum atomic E-state index is 11.8. The van der Waals surface area contributed by atoms with Crippen molar-refractivity contribution >= 4 is 21.7 Å². The second kappa shape index (κ2) is 5.23. The summed E-state index contributed by atoms with van der Waals surface area (Å²) in [5.41, 5.74) is 3.49. The first-order valence-corrected chi connectivity index (χ1v) is 7.56. The van der Waals surface area contributed by atoms with Crippen LogP contribution in [0, 0.1) is 12.3 Å². The number of carbonyl (C=O) groups is 1. The zero-order valence-corrected chi connectivity index (χ0v) is 13.7. The molecular weight excluding hydrogens is 304 g/mol. The fourth-order valence-corrected chi connectivity index (χ4v) is 3.27. The lowest BCUT2D eigenvalue weighted by Gasteiger charge is -2.29. The Balaban J connectivity index is 2.29. The predicted molar refractivity (Wildman–Crippen MR) is 80.1 cm³/mol. The fourth-order valence-electron chi connectivity index (χ4n) is 2.85. The number of aromatic nitrogens is 2. The quantitative estimate of drug-likeness (QED) is 0.846. The van der Waals surface area contributed by atoms with Gasteiger partial charge in [-0.2, -0.15) is 5.10 Å². The van der Waals surface area contributed by atoms with Crippen molar-refractivity contribution in [3.63, 3.8) is 0 Å². The molecule has 0 fully saturated rings. The van der Waals surface area contributed by atoms with Crippen LogP contribution in [0.25, 0.3) is 0 Å². The molecule has 2 rings (SSSR count). The Labute approximate surface area is 123 Å². The third-order valence-electron chi connectivity index (χ3n) is 3.57. The Kier molecular flexibility index (Phi) is 4.00. The summed E-state index contributed by atoms with van der Waals surface area (Å²) < 4.78 is 3.10. The standard InChI is InChI=1S/C15H21BrN2O/c1-5-18-13(14(16)10(2)17-18)7-11-6-12(19)9-15(3,4)8-11/h6H,5,7-9H2,1-4H3. The Morgan fingerprint density at radius 1 is 1.42 bits per heavy atom. The average Bonchev–Trinajstić information content (AvgIpc) is 2.54. The van der Waals surface area contributed by atoms with Gasteiger partial charge in [0.1, 0.15) is 0 Å². The minimum Gasteiger partial charge on any atom is -0.295 e. The maximum absolute atomic E-state index is 11.8. The summed E-state index contributed by atoms with van der Waals surface area (Å²) in [5.74, 6) is 0.252. The molecule has 4 heteroatoms. The van der Waals surface area contributed by atoms with Crippen molar-refractivity contribution in [2.75, 3.05) is 0 Å². The molecule has 0 aliphatic heterocycles. The smallest absolute Gasteiger partial charge is 0.156 e. The van der Waals surface area contributed by atoms with E-state index in [1.807, 2.05) is 17.7 Å². The molecule has 0 saturated carbocycles. The van der Waals surface area contributed by atoms with E-state index >= 15 is 0 Å². The molecule has 0 N–H and O–H groups in total. The molecule has 3 nitrogen and oxygen atoms in total. The number of allylic oxidation sites excluding steroid dienone is 2. The topological polar surface area (TPSA) is 34.9 Å². The molecule has 1 heterocycles. The monoisotopic (exact) mass is 324 g/mol. The highest BCUT2D eigenvalue weighted by molar-refractivity contribution is 9.10. The summed E-state index contributed by atoms with van der Waals surface area (Å²) in [6.45, 7) is 9.27. The van der Waals surface area contributed by atoms with Gasteiger partial charge in [-0.25, -0.2) is 0 Å². The third kappa shape index (κ3) is 3.16. The first-order valence-electron chi connectivity index (χ1n) is 6.76. The van der Waals surface area contributed by atoms with Crippen LogP contribution in [-0.4, -0.2) is 15.6 Å². The second-order valence-corrected chi connectivity index (χ2v) is 6.92. The molecule has 1 aliphatic carbocycles. The Hall–Kier alpha value is -0.900. The van der Waals surface area contributed by atoms with Gasteiger partial charge in [-0.1, -0.05) is 19.4 Å². The summed E-state index contributed by atoms with van der Waals surface area (Å²) in [5, 5.41) is 4.51. The van der Waals surface area contributed by atoms with Gasteiger partial charge in [0.2, 0.25) is 0 Å². The van der Waals surface area contributed by atoms with E-state index in [0.717, 1.165) is 29.6 Å². The minimum atomic E-state index is 0.0831. The van der Waals surface area contributed by atoms with Crippen molar-refractivity contribution in [3.05, 3.63) is 27.5 Å². The number of ketones is 1. The van der Waals surface area contributed by atoms with Gasteiger partial charge in [0.05, 0.1) is 15.9 Å². The van der Waals surface area contributed by atoms with Gasteiger partial charge in [0, 0.05) is 19.4 Å². The molecule has 104 valence electrons. The van der Waals surface area contributed by atoms with E-state index in [9.17, 15) is 4.79 Å². The molecule has 0 aromatic carbocycles. The molecule has 1 aromatic heterocycles. The van der Waals surface area contributed by atoms with Crippen LogP contribution in [0.1, 0.15) is 45.0 Å². The number of nitrogens with zero attached hydrogens (tertiary/aromatic N) is 2. The number of hydrogen-bond donors (Lipinski definition) is 0. The zero-order chi connectivity index (χ0) is 14.2. The Morgan fingerprint density at radius 2 is 2.11 bits per heavy atom.